The van der Waals surface area contributed by atoms with E-state index in [1.165, 1.54) is 0 Å². The van der Waals surface area contributed by atoms with Crippen LogP contribution in [-0.4, -0.2) is 39.4 Å². The highest BCUT2D eigenvalue weighted by Gasteiger charge is 2.25. The van der Waals surface area contributed by atoms with Crippen molar-refractivity contribution in [3.05, 3.63) is 36.3 Å². The summed E-state index contributed by atoms with van der Waals surface area (Å²) in [4.78, 5) is 28.9. The van der Waals surface area contributed by atoms with Gasteiger partial charge in [-0.25, -0.2) is 4.98 Å². The molecule has 7 nitrogen and oxygen atoms in total. The summed E-state index contributed by atoms with van der Waals surface area (Å²) in [5.41, 5.74) is 11.2. The zero-order valence-corrected chi connectivity index (χ0v) is 12.6. The Morgan fingerprint density at radius 2 is 2.00 bits per heavy atom. The summed E-state index contributed by atoms with van der Waals surface area (Å²) in [6.07, 6.45) is 10.1. The third-order valence-electron chi connectivity index (χ3n) is 3.78. The molecule has 2 rings (SSSR count). The molecular formula is C15H21N5O2. The van der Waals surface area contributed by atoms with Crippen molar-refractivity contribution in [3.63, 3.8) is 0 Å². The second kappa shape index (κ2) is 6.93. The summed E-state index contributed by atoms with van der Waals surface area (Å²) in [6.45, 7) is 3.19. The minimum absolute atomic E-state index is 0.00739. The number of primary amides is 1. The van der Waals surface area contributed by atoms with Gasteiger partial charge in [-0.3, -0.25) is 9.59 Å². The topological polar surface area (TPSA) is 107 Å². The SMILES string of the molecule is CC=CC=CC(=O)N1CCC(n2cnc(C(N)=O)c2N)CC1. The number of anilines is 1. The quantitative estimate of drug-likeness (QED) is 0.635. The van der Waals surface area contributed by atoms with Crippen molar-refractivity contribution in [2.75, 3.05) is 18.8 Å². The van der Waals surface area contributed by atoms with E-state index >= 15 is 0 Å². The monoisotopic (exact) mass is 303 g/mol. The molecule has 0 spiro atoms. The molecule has 2 amide bonds. The standard InChI is InChI=1S/C15H21N5O2/c1-2-3-4-5-12(21)19-8-6-11(7-9-19)20-10-18-13(14(20)16)15(17)22/h2-5,10-11H,6-9,16H2,1H3,(H2,17,22). The molecule has 1 aliphatic heterocycles. The Labute approximate surface area is 129 Å². The molecule has 0 unspecified atom stereocenters. The molecule has 1 saturated heterocycles. The molecule has 4 N–H and O–H groups in total. The number of rotatable bonds is 4. The first-order valence-corrected chi connectivity index (χ1v) is 7.25. The lowest BCUT2D eigenvalue weighted by molar-refractivity contribution is -0.127. The average molecular weight is 303 g/mol. The number of nitrogens with two attached hydrogens (primary N) is 2. The number of amides is 2. The number of nitrogen functional groups attached to an aromatic ring is 1. The van der Waals surface area contributed by atoms with Gasteiger partial charge in [0.1, 0.15) is 5.82 Å². The predicted octanol–water partition coefficient (Wildman–Crippen LogP) is 0.860. The van der Waals surface area contributed by atoms with Gasteiger partial charge in [-0.2, -0.15) is 0 Å². The first kappa shape index (κ1) is 15.8. The van der Waals surface area contributed by atoms with Crippen LogP contribution in [0.5, 0.6) is 0 Å². The van der Waals surface area contributed by atoms with E-state index in [1.54, 1.807) is 27.9 Å². The van der Waals surface area contributed by atoms with Crippen molar-refractivity contribution >= 4 is 17.6 Å². The highest BCUT2D eigenvalue weighted by Crippen LogP contribution is 2.26. The third-order valence-corrected chi connectivity index (χ3v) is 3.78. The van der Waals surface area contributed by atoms with Gasteiger partial charge in [-0.05, 0) is 19.8 Å². The number of likely N-dealkylation sites (tertiary alicyclic amines) is 1. The van der Waals surface area contributed by atoms with Gasteiger partial charge < -0.3 is 20.9 Å². The van der Waals surface area contributed by atoms with E-state index in [2.05, 4.69) is 4.98 Å². The molecule has 0 bridgehead atoms. The van der Waals surface area contributed by atoms with E-state index in [9.17, 15) is 9.59 Å². The molecular weight excluding hydrogens is 282 g/mol. The van der Waals surface area contributed by atoms with Crippen molar-refractivity contribution in [3.8, 4) is 0 Å². The lowest BCUT2D eigenvalue weighted by atomic mass is 10.0. The molecule has 0 aliphatic carbocycles. The number of hydrogen-bond donors (Lipinski definition) is 2. The Bertz CT molecular complexity index is 609. The van der Waals surface area contributed by atoms with E-state index in [0.717, 1.165) is 12.8 Å². The first-order valence-electron chi connectivity index (χ1n) is 7.25. The summed E-state index contributed by atoms with van der Waals surface area (Å²) in [5, 5.41) is 0. The van der Waals surface area contributed by atoms with E-state index in [0.29, 0.717) is 18.9 Å². The zero-order chi connectivity index (χ0) is 16.1. The Hall–Kier alpha value is -2.57. The minimum atomic E-state index is -0.627. The van der Waals surface area contributed by atoms with Crippen molar-refractivity contribution in [1.29, 1.82) is 0 Å². The Morgan fingerprint density at radius 3 is 2.55 bits per heavy atom. The molecule has 0 saturated carbocycles. The van der Waals surface area contributed by atoms with Gasteiger partial charge in [0.05, 0.1) is 6.33 Å². The van der Waals surface area contributed by atoms with Crippen LogP contribution in [0.1, 0.15) is 36.3 Å². The Kier molecular flexibility index (Phi) is 4.98. The van der Waals surface area contributed by atoms with Crippen LogP contribution in [0.15, 0.2) is 30.6 Å². The lowest BCUT2D eigenvalue weighted by Gasteiger charge is -2.32. The van der Waals surface area contributed by atoms with Gasteiger partial charge in [0.25, 0.3) is 5.91 Å². The van der Waals surface area contributed by atoms with E-state index in [-0.39, 0.29) is 17.6 Å². The van der Waals surface area contributed by atoms with E-state index < -0.39 is 5.91 Å². The van der Waals surface area contributed by atoms with E-state index in [1.807, 2.05) is 19.1 Å². The number of imidazole rings is 1. The normalized spacial score (nSPS) is 16.7. The van der Waals surface area contributed by atoms with Crippen LogP contribution in [0.2, 0.25) is 0 Å². The molecule has 7 heteroatoms. The molecule has 2 heterocycles. The summed E-state index contributed by atoms with van der Waals surface area (Å²) in [6, 6.07) is 0.129. The summed E-state index contributed by atoms with van der Waals surface area (Å²) >= 11 is 0. The van der Waals surface area contributed by atoms with Gasteiger partial charge in [0.15, 0.2) is 5.69 Å². The third kappa shape index (κ3) is 3.36. The fourth-order valence-electron chi connectivity index (χ4n) is 2.57. The van der Waals surface area contributed by atoms with Gasteiger partial charge in [-0.15, -0.1) is 0 Å². The fourth-order valence-corrected chi connectivity index (χ4v) is 2.57. The molecule has 1 aliphatic rings. The average Bonchev–Trinajstić information content (AvgIpc) is 2.89. The van der Waals surface area contributed by atoms with Crippen LogP contribution in [0.4, 0.5) is 5.82 Å². The van der Waals surface area contributed by atoms with Crippen LogP contribution in [0.25, 0.3) is 0 Å². The molecule has 118 valence electrons. The summed E-state index contributed by atoms with van der Waals surface area (Å²) < 4.78 is 1.78. The van der Waals surface area contributed by atoms with Crippen LogP contribution in [-0.2, 0) is 4.79 Å². The summed E-state index contributed by atoms with van der Waals surface area (Å²) in [5.74, 6) is -0.323. The predicted molar refractivity (Wildman–Crippen MR) is 84.0 cm³/mol. The number of carbonyl (C=O) groups excluding carboxylic acids is 2. The van der Waals surface area contributed by atoms with Crippen molar-refractivity contribution < 1.29 is 9.59 Å². The summed E-state index contributed by atoms with van der Waals surface area (Å²) in [7, 11) is 0. The van der Waals surface area contributed by atoms with Crippen LogP contribution in [0, 0.1) is 0 Å². The van der Waals surface area contributed by atoms with Crippen molar-refractivity contribution in [2.24, 2.45) is 5.73 Å². The van der Waals surface area contributed by atoms with Crippen molar-refractivity contribution in [1.82, 2.24) is 14.5 Å². The smallest absolute Gasteiger partial charge is 0.271 e. The van der Waals surface area contributed by atoms with Gasteiger partial charge in [0, 0.05) is 25.2 Å². The largest absolute Gasteiger partial charge is 0.383 e. The number of hydrogen-bond acceptors (Lipinski definition) is 4. The molecule has 0 atom stereocenters. The molecule has 1 aromatic heterocycles. The lowest BCUT2D eigenvalue weighted by Crippen LogP contribution is -2.38. The maximum atomic E-state index is 12.0. The van der Waals surface area contributed by atoms with Crippen molar-refractivity contribution in [2.45, 2.75) is 25.8 Å². The second-order valence-electron chi connectivity index (χ2n) is 5.19. The molecule has 1 fully saturated rings. The highest BCUT2D eigenvalue weighted by atomic mass is 16.2. The molecule has 1 aromatic rings. The number of aromatic nitrogens is 2. The minimum Gasteiger partial charge on any atom is -0.383 e. The fraction of sp³-hybridized carbons (Fsp3) is 0.400. The highest BCUT2D eigenvalue weighted by molar-refractivity contribution is 5.95. The number of piperidine rings is 1. The second-order valence-corrected chi connectivity index (χ2v) is 5.19. The number of carbonyl (C=O) groups is 2. The maximum Gasteiger partial charge on any atom is 0.271 e. The molecule has 22 heavy (non-hydrogen) atoms. The zero-order valence-electron chi connectivity index (χ0n) is 12.6. The molecule has 0 aromatic carbocycles. The maximum absolute atomic E-state index is 12.0. The first-order chi connectivity index (χ1) is 10.5. The number of nitrogens with zero attached hydrogens (tertiary/aromatic N) is 3. The van der Waals surface area contributed by atoms with Gasteiger partial charge >= 0.3 is 0 Å². The van der Waals surface area contributed by atoms with E-state index in [4.69, 9.17) is 11.5 Å². The Balaban J connectivity index is 1.98. The Morgan fingerprint density at radius 1 is 1.32 bits per heavy atom. The van der Waals surface area contributed by atoms with Crippen LogP contribution in [0.3, 0.4) is 0 Å². The van der Waals surface area contributed by atoms with Gasteiger partial charge in [0.2, 0.25) is 5.91 Å². The number of allylic oxidation sites excluding steroid dienone is 3. The van der Waals surface area contributed by atoms with Gasteiger partial charge in [-0.1, -0.05) is 18.2 Å². The molecule has 0 radical (unpaired) electrons. The van der Waals surface area contributed by atoms with Crippen LogP contribution < -0.4 is 11.5 Å². The van der Waals surface area contributed by atoms with Crippen LogP contribution >= 0.6 is 0 Å².